The van der Waals surface area contributed by atoms with Crippen molar-refractivity contribution in [2.24, 2.45) is 29.1 Å². The van der Waals surface area contributed by atoms with Crippen molar-refractivity contribution in [1.82, 2.24) is 10.2 Å². The van der Waals surface area contributed by atoms with Crippen LogP contribution in [0, 0.1) is 29.1 Å². The summed E-state index contributed by atoms with van der Waals surface area (Å²) in [7, 11) is 0. The maximum absolute atomic E-state index is 14.2. The number of benzene rings is 1. The lowest BCUT2D eigenvalue weighted by Crippen LogP contribution is -2.65. The molecule has 4 aliphatic rings. The Morgan fingerprint density at radius 2 is 1.52 bits per heavy atom. The molecule has 6 rings (SSSR count). The predicted octanol–water partition coefficient (Wildman–Crippen LogP) is 7.10. The third-order valence-electron chi connectivity index (χ3n) is 14.9. The van der Waals surface area contributed by atoms with Gasteiger partial charge in [0.2, 0.25) is 0 Å². The predicted molar refractivity (Wildman–Crippen MR) is 235 cm³/mol. The fraction of sp³-hybridized carbons (Fsp3) is 0.673. The molecule has 0 bridgehead atoms. The molecule has 2 amide bonds. The summed E-state index contributed by atoms with van der Waals surface area (Å²) >= 11 is 0. The van der Waals surface area contributed by atoms with Crippen molar-refractivity contribution in [2.75, 3.05) is 26.2 Å². The topological polar surface area (TPSA) is 207 Å². The summed E-state index contributed by atoms with van der Waals surface area (Å²) in [5.74, 6) is -4.06. The lowest BCUT2D eigenvalue weighted by Gasteiger charge is -2.52. The Morgan fingerprint density at radius 1 is 0.903 bits per heavy atom. The molecule has 342 valence electrons. The van der Waals surface area contributed by atoms with Gasteiger partial charge in [-0.25, -0.2) is 9.59 Å². The van der Waals surface area contributed by atoms with E-state index in [1.165, 1.54) is 18.2 Å². The van der Waals surface area contributed by atoms with Gasteiger partial charge < -0.3 is 44.9 Å². The molecule has 0 spiro atoms. The van der Waals surface area contributed by atoms with Gasteiger partial charge in [0, 0.05) is 66.6 Å². The van der Waals surface area contributed by atoms with Gasteiger partial charge in [-0.3, -0.25) is 9.59 Å². The molecule has 0 saturated heterocycles. The number of phenols is 1. The molecule has 0 aliphatic heterocycles. The van der Waals surface area contributed by atoms with Crippen LogP contribution in [0.5, 0.6) is 5.75 Å². The van der Waals surface area contributed by atoms with E-state index in [1.807, 2.05) is 13.8 Å². The number of carbonyl (C=O) groups is 3. The molecule has 4 aliphatic carbocycles. The lowest BCUT2D eigenvalue weighted by atomic mass is 9.59. The number of carbonyl (C=O) groups excluding carboxylic acids is 3. The second kappa shape index (κ2) is 19.4. The van der Waals surface area contributed by atoms with Crippen molar-refractivity contribution in [3.8, 4) is 5.75 Å². The zero-order valence-electron chi connectivity index (χ0n) is 37.4. The Kier molecular flexibility index (Phi) is 14.8. The molecule has 13 nitrogen and oxygen atoms in total. The fourth-order valence-electron chi connectivity index (χ4n) is 11.3. The third-order valence-corrected chi connectivity index (χ3v) is 14.9. The van der Waals surface area contributed by atoms with Crippen molar-refractivity contribution in [1.29, 1.82) is 0 Å². The normalized spacial score (nSPS) is 29.5. The Balaban J connectivity index is 0.951. The molecule has 6 N–H and O–H groups in total. The number of phenolic OH excluding ortho intramolecular Hbond substituents is 1. The van der Waals surface area contributed by atoms with E-state index in [-0.39, 0.29) is 23.3 Å². The van der Waals surface area contributed by atoms with Crippen LogP contribution in [-0.2, 0) is 9.53 Å². The minimum Gasteiger partial charge on any atom is -0.508 e. The van der Waals surface area contributed by atoms with Crippen LogP contribution in [0.15, 0.2) is 56.8 Å². The molecule has 62 heavy (non-hydrogen) atoms. The van der Waals surface area contributed by atoms with Crippen molar-refractivity contribution >= 4 is 28.8 Å². The summed E-state index contributed by atoms with van der Waals surface area (Å²) in [5, 5.41) is 60.0. The number of amides is 2. The number of hydrogen-bond donors (Lipinski definition) is 6. The van der Waals surface area contributed by atoms with Crippen molar-refractivity contribution < 1.29 is 49.1 Å². The number of nitrogens with zero attached hydrogens (tertiary/aromatic N) is 1. The molecular formula is C49H70N2O11. The van der Waals surface area contributed by atoms with Gasteiger partial charge in [-0.1, -0.05) is 110 Å². The average molecular weight is 863 g/mol. The van der Waals surface area contributed by atoms with Crippen molar-refractivity contribution in [2.45, 2.75) is 154 Å². The van der Waals surface area contributed by atoms with Gasteiger partial charge in [-0.2, -0.15) is 0 Å². The largest absolute Gasteiger partial charge is 0.508 e. The van der Waals surface area contributed by atoms with Crippen LogP contribution >= 0.6 is 0 Å². The van der Waals surface area contributed by atoms with Crippen LogP contribution in [-0.4, -0.2) is 97.4 Å². The van der Waals surface area contributed by atoms with Gasteiger partial charge in [0.1, 0.15) is 34.2 Å². The lowest BCUT2D eigenvalue weighted by molar-refractivity contribution is -0.210. The number of fused-ring (bicyclic) bond motifs is 6. The van der Waals surface area contributed by atoms with E-state index in [1.54, 1.807) is 37.0 Å². The summed E-state index contributed by atoms with van der Waals surface area (Å²) in [4.78, 5) is 54.2. The van der Waals surface area contributed by atoms with E-state index in [0.29, 0.717) is 36.2 Å². The van der Waals surface area contributed by atoms with Gasteiger partial charge in [-0.05, 0) is 55.5 Å². The van der Waals surface area contributed by atoms with Gasteiger partial charge in [-0.15, -0.1) is 0 Å². The summed E-state index contributed by atoms with van der Waals surface area (Å²) in [6, 6.07) is 5.89. The Labute approximate surface area is 365 Å². The second-order valence-electron chi connectivity index (χ2n) is 19.3. The summed E-state index contributed by atoms with van der Waals surface area (Å²) < 4.78 is 11.7. The smallest absolute Gasteiger partial charge is 0.410 e. The standard InChI is InChI=1S/C49H70N2O11/c1-6-7-8-18-23-51(24-19-16-14-12-10-9-11-13-15-17-22-50-43(56)36-27-34-20-21-35(53)28-38(34)61-44(36)57)45(58)62-49-40(46(49,4)5)37-26-33(30-52)29-47(59)39(25-31(2)41(47)54)48(37,60)32(3)42(49)55/h20-21,25-28,32,37,39-40,42,52-53,55,59-60H,6-19,22-24,29-30H2,1-5H3,(H,50,56)/t32-,37+,39-,40-,42-,47-,48-,49-/m1/s1. The number of nitrogens with one attached hydrogen (secondary N) is 1. The zero-order chi connectivity index (χ0) is 45.0. The van der Waals surface area contributed by atoms with Gasteiger partial charge in [0.15, 0.2) is 5.78 Å². The van der Waals surface area contributed by atoms with E-state index in [0.717, 1.165) is 89.9 Å². The van der Waals surface area contributed by atoms with E-state index in [4.69, 9.17) is 9.15 Å². The first-order chi connectivity index (χ1) is 29.5. The summed E-state index contributed by atoms with van der Waals surface area (Å²) in [5.41, 5.74) is -5.51. The van der Waals surface area contributed by atoms with E-state index >= 15 is 0 Å². The minimum atomic E-state index is -1.94. The zero-order valence-corrected chi connectivity index (χ0v) is 37.4. The highest BCUT2D eigenvalue weighted by atomic mass is 16.6. The molecule has 1 heterocycles. The first-order valence-electron chi connectivity index (χ1n) is 23.2. The number of aliphatic hydroxyl groups is 4. The Morgan fingerprint density at radius 3 is 2.15 bits per heavy atom. The number of rotatable bonds is 21. The van der Waals surface area contributed by atoms with Crippen LogP contribution in [0.4, 0.5) is 4.79 Å². The van der Waals surface area contributed by atoms with E-state index < -0.39 is 82.0 Å². The third kappa shape index (κ3) is 8.88. The highest BCUT2D eigenvalue weighted by molar-refractivity contribution is 6.05. The van der Waals surface area contributed by atoms with Crippen LogP contribution in [0.25, 0.3) is 11.0 Å². The van der Waals surface area contributed by atoms with E-state index in [9.17, 15) is 44.7 Å². The molecule has 0 radical (unpaired) electrons. The highest BCUT2D eigenvalue weighted by Gasteiger charge is 2.87. The van der Waals surface area contributed by atoms with Crippen molar-refractivity contribution in [3.63, 3.8) is 0 Å². The number of aromatic hydroxyl groups is 1. The maximum Gasteiger partial charge on any atom is 0.410 e. The molecule has 8 atom stereocenters. The quantitative estimate of drug-likeness (QED) is 0.0424. The first kappa shape index (κ1) is 47.4. The average Bonchev–Trinajstić information content (AvgIpc) is 3.67. The molecule has 1 aromatic heterocycles. The van der Waals surface area contributed by atoms with Gasteiger partial charge in [0.05, 0.1) is 12.2 Å². The highest BCUT2D eigenvalue weighted by Crippen LogP contribution is 2.76. The Hall–Kier alpha value is -4.04. The molecule has 0 unspecified atom stereocenters. The van der Waals surface area contributed by atoms with Gasteiger partial charge >= 0.3 is 11.7 Å². The molecular weight excluding hydrogens is 793 g/mol. The SMILES string of the molecule is CCCCCCN(CCCCCCCCCCCCNC(=O)c1cc2ccc(O)cc2oc1=O)C(=O)O[C@@]12[C@H](O)[C@@H](C)[C@@]3(O)[C@@H](C=C(CO)C[C@]4(O)C(=O)C(C)=C[C@@H]34)[C@@H]1C2(C)C. The fourth-order valence-corrected chi connectivity index (χ4v) is 11.3. The number of hydrogen-bond acceptors (Lipinski definition) is 11. The number of aliphatic hydroxyl groups excluding tert-OH is 2. The minimum absolute atomic E-state index is 0.0191. The number of unbranched alkanes of at least 4 members (excludes halogenated alkanes) is 12. The molecule has 13 heteroatoms. The molecule has 2 fully saturated rings. The number of ketones is 1. The molecule has 1 aromatic carbocycles. The van der Waals surface area contributed by atoms with Crippen LogP contribution in [0.1, 0.15) is 141 Å². The monoisotopic (exact) mass is 862 g/mol. The molecule has 2 saturated carbocycles. The van der Waals surface area contributed by atoms with E-state index in [2.05, 4.69) is 12.2 Å². The van der Waals surface area contributed by atoms with Crippen LogP contribution in [0.3, 0.4) is 0 Å². The summed E-state index contributed by atoms with van der Waals surface area (Å²) in [6.45, 7) is 10.5. The Bertz CT molecular complexity index is 2070. The maximum atomic E-state index is 14.2. The van der Waals surface area contributed by atoms with Gasteiger partial charge in [0.25, 0.3) is 5.91 Å². The van der Waals surface area contributed by atoms with Crippen molar-refractivity contribution in [3.05, 3.63) is 63.5 Å². The second-order valence-corrected chi connectivity index (χ2v) is 19.3. The number of Topliss-reactive ketones (excluding diaryl/α,β-unsaturated/α-hetero) is 1. The first-order valence-corrected chi connectivity index (χ1v) is 23.2. The summed E-state index contributed by atoms with van der Waals surface area (Å²) in [6.07, 6.45) is 15.6. The molecule has 2 aromatic rings. The van der Waals surface area contributed by atoms with Crippen LogP contribution in [0.2, 0.25) is 0 Å². The number of ether oxygens (including phenoxy) is 1. The van der Waals surface area contributed by atoms with Crippen LogP contribution < -0.4 is 10.9 Å².